The molecule has 142 valence electrons. The molecule has 0 spiro atoms. The number of aromatic nitrogens is 1. The highest BCUT2D eigenvalue weighted by Gasteiger charge is 2.14. The molecule has 0 aliphatic heterocycles. The maximum atomic E-state index is 12.1. The third kappa shape index (κ3) is 5.45. The maximum absolute atomic E-state index is 12.1. The standard InChI is InChI=1S/C18H25N3O5/c1-20(13-16(22)19-10-6-12-25-2)17(23)9-5-11-21-14-7-3-4-8-15(14)26-18(21)24/h3-4,7-8H,5-6,9-13H2,1-2H3,(H,19,22). The molecule has 0 radical (unpaired) electrons. The molecular formula is C18H25N3O5. The summed E-state index contributed by atoms with van der Waals surface area (Å²) >= 11 is 0. The van der Waals surface area contributed by atoms with Crippen LogP contribution in [0.5, 0.6) is 0 Å². The molecule has 0 bridgehead atoms. The topological polar surface area (TPSA) is 93.8 Å². The first-order chi connectivity index (χ1) is 12.5. The number of para-hydroxylation sites is 2. The number of fused-ring (bicyclic) bond motifs is 1. The summed E-state index contributed by atoms with van der Waals surface area (Å²) in [5.41, 5.74) is 1.25. The molecule has 2 aromatic rings. The molecule has 0 fully saturated rings. The zero-order valence-corrected chi connectivity index (χ0v) is 15.2. The van der Waals surface area contributed by atoms with Crippen molar-refractivity contribution in [1.82, 2.24) is 14.8 Å². The molecule has 1 heterocycles. The zero-order valence-electron chi connectivity index (χ0n) is 15.2. The number of nitrogens with zero attached hydrogens (tertiary/aromatic N) is 2. The van der Waals surface area contributed by atoms with Gasteiger partial charge in [-0.2, -0.15) is 0 Å². The molecule has 8 heteroatoms. The SMILES string of the molecule is COCCCNC(=O)CN(C)C(=O)CCCn1c(=O)oc2ccccc21. The van der Waals surface area contributed by atoms with E-state index in [1.165, 1.54) is 9.47 Å². The van der Waals surface area contributed by atoms with Crippen LogP contribution in [0.3, 0.4) is 0 Å². The molecule has 26 heavy (non-hydrogen) atoms. The van der Waals surface area contributed by atoms with Gasteiger partial charge < -0.3 is 19.4 Å². The van der Waals surface area contributed by atoms with Gasteiger partial charge in [0.05, 0.1) is 12.1 Å². The van der Waals surface area contributed by atoms with E-state index in [0.717, 1.165) is 6.42 Å². The molecule has 1 N–H and O–H groups in total. The van der Waals surface area contributed by atoms with Crippen molar-refractivity contribution >= 4 is 22.9 Å². The van der Waals surface area contributed by atoms with E-state index in [2.05, 4.69) is 5.32 Å². The monoisotopic (exact) mass is 363 g/mol. The van der Waals surface area contributed by atoms with E-state index >= 15 is 0 Å². The third-order valence-electron chi connectivity index (χ3n) is 4.00. The predicted molar refractivity (Wildman–Crippen MR) is 96.8 cm³/mol. The average molecular weight is 363 g/mol. The molecule has 0 atom stereocenters. The van der Waals surface area contributed by atoms with Gasteiger partial charge in [0.2, 0.25) is 11.8 Å². The lowest BCUT2D eigenvalue weighted by atomic mass is 10.2. The average Bonchev–Trinajstić information content (AvgIpc) is 2.94. The van der Waals surface area contributed by atoms with Crippen LogP contribution in [0.1, 0.15) is 19.3 Å². The Morgan fingerprint density at radius 2 is 2.04 bits per heavy atom. The van der Waals surface area contributed by atoms with Gasteiger partial charge >= 0.3 is 5.76 Å². The van der Waals surface area contributed by atoms with Crippen LogP contribution in [0, 0.1) is 0 Å². The Morgan fingerprint density at radius 1 is 1.27 bits per heavy atom. The van der Waals surface area contributed by atoms with Gasteiger partial charge in [-0.05, 0) is 25.0 Å². The van der Waals surface area contributed by atoms with E-state index in [4.69, 9.17) is 9.15 Å². The van der Waals surface area contributed by atoms with Crippen molar-refractivity contribution in [2.45, 2.75) is 25.8 Å². The number of carbonyl (C=O) groups excluding carboxylic acids is 2. The summed E-state index contributed by atoms with van der Waals surface area (Å²) in [5.74, 6) is -0.769. The number of rotatable bonds is 10. The predicted octanol–water partition coefficient (Wildman–Crippen LogP) is 0.986. The van der Waals surface area contributed by atoms with Crippen LogP contribution in [-0.2, 0) is 20.9 Å². The number of methoxy groups -OCH3 is 1. The molecule has 0 saturated carbocycles. The number of carbonyl (C=O) groups is 2. The van der Waals surface area contributed by atoms with Gasteiger partial charge in [0.15, 0.2) is 5.58 Å². The number of nitrogens with one attached hydrogen (secondary N) is 1. The molecule has 0 aliphatic carbocycles. The summed E-state index contributed by atoms with van der Waals surface area (Å²) < 4.78 is 11.6. The Labute approximate surface area is 151 Å². The first kappa shape index (κ1) is 19.7. The third-order valence-corrected chi connectivity index (χ3v) is 4.00. The number of likely N-dealkylation sites (N-methyl/N-ethyl adjacent to an activating group) is 1. The lowest BCUT2D eigenvalue weighted by Crippen LogP contribution is -2.38. The largest absolute Gasteiger partial charge is 0.419 e. The number of oxazole rings is 1. The zero-order chi connectivity index (χ0) is 18.9. The molecule has 0 saturated heterocycles. The minimum Gasteiger partial charge on any atom is -0.408 e. The summed E-state index contributed by atoms with van der Waals surface area (Å²) in [6, 6.07) is 7.17. The fraction of sp³-hybridized carbons (Fsp3) is 0.500. The van der Waals surface area contributed by atoms with Gasteiger partial charge in [-0.15, -0.1) is 0 Å². The summed E-state index contributed by atoms with van der Waals surface area (Å²) in [6.07, 6.45) is 1.47. The summed E-state index contributed by atoms with van der Waals surface area (Å²) in [5, 5.41) is 2.74. The number of hydrogen-bond acceptors (Lipinski definition) is 5. The lowest BCUT2D eigenvalue weighted by Gasteiger charge is -2.16. The van der Waals surface area contributed by atoms with E-state index in [1.807, 2.05) is 12.1 Å². The molecule has 2 rings (SSSR count). The number of aryl methyl sites for hydroxylation is 1. The molecular weight excluding hydrogens is 338 g/mol. The van der Waals surface area contributed by atoms with Gasteiger partial charge in [0, 0.05) is 40.3 Å². The van der Waals surface area contributed by atoms with Crippen LogP contribution in [0.25, 0.3) is 11.1 Å². The number of hydrogen-bond donors (Lipinski definition) is 1. The first-order valence-electron chi connectivity index (χ1n) is 8.61. The smallest absolute Gasteiger partial charge is 0.408 e. The second-order valence-corrected chi connectivity index (χ2v) is 6.04. The quantitative estimate of drug-likeness (QED) is 0.635. The second-order valence-electron chi connectivity index (χ2n) is 6.04. The Balaban J connectivity index is 1.76. The van der Waals surface area contributed by atoms with Crippen molar-refractivity contribution in [2.24, 2.45) is 0 Å². The normalized spacial score (nSPS) is 10.8. The Hall–Kier alpha value is -2.61. The van der Waals surface area contributed by atoms with Crippen LogP contribution >= 0.6 is 0 Å². The van der Waals surface area contributed by atoms with Crippen molar-refractivity contribution in [2.75, 3.05) is 33.9 Å². The molecule has 0 unspecified atom stereocenters. The molecule has 2 amide bonds. The molecule has 1 aromatic heterocycles. The van der Waals surface area contributed by atoms with Crippen LogP contribution in [-0.4, -0.2) is 55.1 Å². The van der Waals surface area contributed by atoms with Gasteiger partial charge in [-0.3, -0.25) is 14.2 Å². The van der Waals surface area contributed by atoms with E-state index in [9.17, 15) is 14.4 Å². The van der Waals surface area contributed by atoms with E-state index in [0.29, 0.717) is 37.2 Å². The fourth-order valence-corrected chi connectivity index (χ4v) is 2.61. The van der Waals surface area contributed by atoms with Crippen molar-refractivity contribution in [3.05, 3.63) is 34.8 Å². The highest BCUT2D eigenvalue weighted by atomic mass is 16.5. The van der Waals surface area contributed by atoms with E-state index in [1.54, 1.807) is 26.3 Å². The van der Waals surface area contributed by atoms with Crippen LogP contribution < -0.4 is 11.1 Å². The summed E-state index contributed by atoms with van der Waals surface area (Å²) in [7, 11) is 3.20. The summed E-state index contributed by atoms with van der Waals surface area (Å²) in [4.78, 5) is 37.2. The molecule has 0 aliphatic rings. The number of benzene rings is 1. The van der Waals surface area contributed by atoms with E-state index in [-0.39, 0.29) is 24.8 Å². The Kier molecular flexibility index (Phi) is 7.40. The van der Waals surface area contributed by atoms with Gasteiger partial charge in [0.1, 0.15) is 0 Å². The van der Waals surface area contributed by atoms with E-state index < -0.39 is 5.76 Å². The van der Waals surface area contributed by atoms with Crippen LogP contribution in [0.4, 0.5) is 0 Å². The van der Waals surface area contributed by atoms with Crippen molar-refractivity contribution in [3.63, 3.8) is 0 Å². The minimum atomic E-state index is -0.428. The Morgan fingerprint density at radius 3 is 2.81 bits per heavy atom. The summed E-state index contributed by atoms with van der Waals surface area (Å²) in [6.45, 7) is 1.50. The van der Waals surface area contributed by atoms with Crippen molar-refractivity contribution in [3.8, 4) is 0 Å². The van der Waals surface area contributed by atoms with Gasteiger partial charge in [-0.1, -0.05) is 12.1 Å². The van der Waals surface area contributed by atoms with Crippen LogP contribution in [0.2, 0.25) is 0 Å². The van der Waals surface area contributed by atoms with Crippen molar-refractivity contribution in [1.29, 1.82) is 0 Å². The Bertz CT molecular complexity index is 795. The number of amides is 2. The lowest BCUT2D eigenvalue weighted by molar-refractivity contribution is -0.134. The van der Waals surface area contributed by atoms with Crippen LogP contribution in [0.15, 0.2) is 33.5 Å². The molecule has 1 aromatic carbocycles. The highest BCUT2D eigenvalue weighted by molar-refractivity contribution is 5.84. The first-order valence-corrected chi connectivity index (χ1v) is 8.61. The highest BCUT2D eigenvalue weighted by Crippen LogP contribution is 2.12. The second kappa shape index (κ2) is 9.76. The fourth-order valence-electron chi connectivity index (χ4n) is 2.61. The minimum absolute atomic E-state index is 0.0143. The van der Waals surface area contributed by atoms with Gasteiger partial charge in [-0.25, -0.2) is 4.79 Å². The molecule has 8 nitrogen and oxygen atoms in total. The van der Waals surface area contributed by atoms with Crippen molar-refractivity contribution < 1.29 is 18.7 Å². The number of ether oxygens (including phenoxy) is 1. The van der Waals surface area contributed by atoms with Gasteiger partial charge in [0.25, 0.3) is 0 Å². The maximum Gasteiger partial charge on any atom is 0.419 e.